The summed E-state index contributed by atoms with van der Waals surface area (Å²) in [5.74, 6) is 0.887. The summed E-state index contributed by atoms with van der Waals surface area (Å²) >= 11 is 1.75. The zero-order chi connectivity index (χ0) is 15.7. The molecule has 7 heteroatoms. The molecule has 1 aliphatic rings. The molecule has 0 aromatic carbocycles. The molecule has 1 unspecified atom stereocenters. The monoisotopic (exact) mass is 321 g/mol. The van der Waals surface area contributed by atoms with Gasteiger partial charge < -0.3 is 9.30 Å². The fourth-order valence-corrected chi connectivity index (χ4v) is 3.44. The molecular weight excluding hydrogens is 298 g/mol. The van der Waals surface area contributed by atoms with Gasteiger partial charge in [-0.1, -0.05) is 20.8 Å². The van der Waals surface area contributed by atoms with E-state index in [1.165, 1.54) is 5.01 Å². The molecule has 0 N–H and O–H groups in total. The van der Waals surface area contributed by atoms with E-state index in [4.69, 9.17) is 9.72 Å². The molecule has 1 atom stereocenters. The van der Waals surface area contributed by atoms with Crippen molar-refractivity contribution in [3.05, 3.63) is 28.2 Å². The third kappa shape index (κ3) is 3.37. The van der Waals surface area contributed by atoms with Gasteiger partial charge in [0, 0.05) is 37.5 Å². The number of aryl methyl sites for hydroxylation is 1. The lowest BCUT2D eigenvalue weighted by atomic mass is 9.98. The molecule has 0 radical (unpaired) electrons. The number of rotatable bonds is 3. The van der Waals surface area contributed by atoms with Crippen molar-refractivity contribution in [3.8, 4) is 0 Å². The highest BCUT2D eigenvalue weighted by Gasteiger charge is 2.26. The second-order valence-corrected chi connectivity index (χ2v) is 7.65. The van der Waals surface area contributed by atoms with Crippen LogP contribution in [0, 0.1) is 0 Å². The Morgan fingerprint density at radius 3 is 2.86 bits per heavy atom. The molecule has 3 rings (SSSR count). The van der Waals surface area contributed by atoms with E-state index >= 15 is 0 Å². The van der Waals surface area contributed by atoms with Gasteiger partial charge in [0.05, 0.1) is 17.3 Å². The summed E-state index contributed by atoms with van der Waals surface area (Å²) in [5.41, 5.74) is 1.27. The third-order valence-electron chi connectivity index (χ3n) is 3.76. The summed E-state index contributed by atoms with van der Waals surface area (Å²) in [6.45, 7) is 9.95. The Morgan fingerprint density at radius 2 is 2.23 bits per heavy atom. The predicted octanol–water partition coefficient (Wildman–Crippen LogP) is 2.14. The van der Waals surface area contributed by atoms with E-state index in [2.05, 4.69) is 41.2 Å². The molecule has 22 heavy (non-hydrogen) atoms. The van der Waals surface area contributed by atoms with Crippen LogP contribution in [0.5, 0.6) is 0 Å². The van der Waals surface area contributed by atoms with Gasteiger partial charge >= 0.3 is 0 Å². The van der Waals surface area contributed by atoms with Crippen molar-refractivity contribution in [2.75, 3.05) is 19.7 Å². The van der Waals surface area contributed by atoms with Crippen LogP contribution in [0.1, 0.15) is 43.4 Å². The third-order valence-corrected chi connectivity index (χ3v) is 5.08. The van der Waals surface area contributed by atoms with E-state index in [0.29, 0.717) is 6.61 Å². The van der Waals surface area contributed by atoms with E-state index in [1.54, 1.807) is 17.7 Å². The summed E-state index contributed by atoms with van der Waals surface area (Å²) in [6, 6.07) is 0. The van der Waals surface area contributed by atoms with Crippen LogP contribution in [0.4, 0.5) is 0 Å². The van der Waals surface area contributed by atoms with Crippen LogP contribution in [-0.4, -0.2) is 44.3 Å². The summed E-state index contributed by atoms with van der Waals surface area (Å²) in [7, 11) is 1.95. The molecule has 0 amide bonds. The maximum absolute atomic E-state index is 5.85. The molecule has 2 aromatic heterocycles. The Labute approximate surface area is 135 Å². The zero-order valence-electron chi connectivity index (χ0n) is 13.6. The second kappa shape index (κ2) is 6.06. The first-order valence-electron chi connectivity index (χ1n) is 7.56. The first-order valence-corrected chi connectivity index (χ1v) is 8.44. The highest BCUT2D eigenvalue weighted by Crippen LogP contribution is 2.27. The van der Waals surface area contributed by atoms with Crippen molar-refractivity contribution in [1.29, 1.82) is 0 Å². The van der Waals surface area contributed by atoms with Gasteiger partial charge in [-0.25, -0.2) is 4.98 Å². The average molecular weight is 321 g/mol. The smallest absolute Gasteiger partial charge is 0.163 e. The van der Waals surface area contributed by atoms with Gasteiger partial charge in [-0.05, 0) is 0 Å². The van der Waals surface area contributed by atoms with Crippen LogP contribution in [0.3, 0.4) is 0 Å². The van der Waals surface area contributed by atoms with Gasteiger partial charge in [-0.3, -0.25) is 4.90 Å². The number of aromatic nitrogens is 4. The minimum atomic E-state index is -0.0121. The number of hydrogen-bond acceptors (Lipinski definition) is 6. The topological polar surface area (TPSA) is 56.1 Å². The highest BCUT2D eigenvalue weighted by atomic mass is 32.1. The average Bonchev–Trinajstić information content (AvgIpc) is 3.07. The molecule has 1 aliphatic heterocycles. The Kier molecular flexibility index (Phi) is 4.29. The van der Waals surface area contributed by atoms with E-state index in [-0.39, 0.29) is 11.5 Å². The molecular formula is C15H23N5OS. The Morgan fingerprint density at radius 1 is 1.41 bits per heavy atom. The van der Waals surface area contributed by atoms with Crippen molar-refractivity contribution in [2.45, 2.75) is 38.8 Å². The lowest BCUT2D eigenvalue weighted by Crippen LogP contribution is -2.38. The van der Waals surface area contributed by atoms with Crippen LogP contribution in [-0.2, 0) is 23.7 Å². The van der Waals surface area contributed by atoms with Crippen molar-refractivity contribution >= 4 is 11.3 Å². The molecule has 0 saturated carbocycles. The Hall–Kier alpha value is -1.31. The van der Waals surface area contributed by atoms with Crippen molar-refractivity contribution in [3.63, 3.8) is 0 Å². The molecule has 1 fully saturated rings. The molecule has 1 saturated heterocycles. The molecule has 0 bridgehead atoms. The normalized spacial score (nSPS) is 20.5. The fraction of sp³-hybridized carbons (Fsp3) is 0.667. The van der Waals surface area contributed by atoms with Crippen LogP contribution in [0.2, 0.25) is 0 Å². The van der Waals surface area contributed by atoms with Crippen molar-refractivity contribution in [1.82, 2.24) is 24.6 Å². The van der Waals surface area contributed by atoms with Gasteiger partial charge in [0.15, 0.2) is 5.82 Å². The molecule has 120 valence electrons. The van der Waals surface area contributed by atoms with Crippen LogP contribution in [0.25, 0.3) is 0 Å². The lowest BCUT2D eigenvalue weighted by Gasteiger charge is -2.31. The van der Waals surface area contributed by atoms with Crippen LogP contribution in [0.15, 0.2) is 11.7 Å². The van der Waals surface area contributed by atoms with Crippen molar-refractivity contribution < 1.29 is 4.74 Å². The Bertz CT molecular complexity index is 630. The number of thiazole rings is 1. The second-order valence-electron chi connectivity index (χ2n) is 6.79. The standard InChI is InChI=1S/C15H23N5OS/c1-15(2,3)14-17-11(9-22-14)7-20-5-6-21-12(8-20)13-18-16-10-19(13)4/h9-10,12H,5-8H2,1-4H3. The van der Waals surface area contributed by atoms with Crippen LogP contribution < -0.4 is 0 Å². The number of nitrogens with zero attached hydrogens (tertiary/aromatic N) is 5. The first-order chi connectivity index (χ1) is 10.4. The minimum Gasteiger partial charge on any atom is -0.368 e. The predicted molar refractivity (Wildman–Crippen MR) is 85.8 cm³/mol. The highest BCUT2D eigenvalue weighted by molar-refractivity contribution is 7.09. The SMILES string of the molecule is Cn1cnnc1C1CN(Cc2csc(C(C)(C)C)n2)CCO1. The van der Waals surface area contributed by atoms with Gasteiger partial charge in [0.1, 0.15) is 12.4 Å². The Balaban J connectivity index is 1.66. The lowest BCUT2D eigenvalue weighted by molar-refractivity contribution is -0.0388. The van der Waals surface area contributed by atoms with E-state index in [9.17, 15) is 0 Å². The maximum Gasteiger partial charge on any atom is 0.163 e. The number of ether oxygens (including phenoxy) is 1. The zero-order valence-corrected chi connectivity index (χ0v) is 14.4. The maximum atomic E-state index is 5.85. The van der Waals surface area contributed by atoms with Crippen molar-refractivity contribution in [2.24, 2.45) is 7.05 Å². The fourth-order valence-electron chi connectivity index (χ4n) is 2.54. The van der Waals surface area contributed by atoms with Crippen LogP contribution >= 0.6 is 11.3 Å². The van der Waals surface area contributed by atoms with Gasteiger partial charge in [-0.2, -0.15) is 0 Å². The summed E-state index contributed by atoms with van der Waals surface area (Å²) < 4.78 is 7.77. The molecule has 0 aliphatic carbocycles. The first kappa shape index (κ1) is 15.6. The summed E-state index contributed by atoms with van der Waals surface area (Å²) in [6.07, 6.45) is 1.70. The van der Waals surface area contributed by atoms with E-state index < -0.39 is 0 Å². The molecule has 0 spiro atoms. The minimum absolute atomic E-state index is 0.0121. The quantitative estimate of drug-likeness (QED) is 0.867. The largest absolute Gasteiger partial charge is 0.368 e. The molecule has 6 nitrogen and oxygen atoms in total. The summed E-state index contributed by atoms with van der Waals surface area (Å²) in [4.78, 5) is 7.16. The number of morpholine rings is 1. The molecule has 3 heterocycles. The molecule has 2 aromatic rings. The van der Waals surface area contributed by atoms with E-state index in [0.717, 1.165) is 31.2 Å². The van der Waals surface area contributed by atoms with Gasteiger partial charge in [0.2, 0.25) is 0 Å². The van der Waals surface area contributed by atoms with Gasteiger partial charge in [0.25, 0.3) is 0 Å². The summed E-state index contributed by atoms with van der Waals surface area (Å²) in [5, 5.41) is 11.5. The van der Waals surface area contributed by atoms with E-state index in [1.807, 2.05) is 11.6 Å². The number of hydrogen-bond donors (Lipinski definition) is 0. The van der Waals surface area contributed by atoms with Gasteiger partial charge in [-0.15, -0.1) is 21.5 Å².